The van der Waals surface area contributed by atoms with Crippen molar-refractivity contribution < 1.29 is 22.5 Å². The molecule has 0 spiro atoms. The molecule has 3 aromatic rings. The number of hydrogen-bond donors (Lipinski definition) is 2. The van der Waals surface area contributed by atoms with Crippen LogP contribution in [0.5, 0.6) is 11.5 Å². The number of nitrogens with one attached hydrogen (secondary N) is 1. The molecule has 1 amide bonds. The van der Waals surface area contributed by atoms with Gasteiger partial charge in [0.15, 0.2) is 0 Å². The van der Waals surface area contributed by atoms with E-state index in [2.05, 4.69) is 10.5 Å². The number of phenolic OH excluding ortho intramolecular Hbond substituents is 1. The second-order valence-electron chi connectivity index (χ2n) is 6.34. The topological polar surface area (TPSA) is 105 Å². The van der Waals surface area contributed by atoms with E-state index in [1.165, 1.54) is 30.5 Å². The predicted molar refractivity (Wildman–Crippen MR) is 113 cm³/mol. The molecule has 8 heteroatoms. The number of amides is 1. The van der Waals surface area contributed by atoms with E-state index in [4.69, 9.17) is 4.18 Å². The number of phenols is 1. The molecule has 0 aliphatic carbocycles. The highest BCUT2D eigenvalue weighted by Crippen LogP contribution is 2.19. The van der Waals surface area contributed by atoms with Crippen LogP contribution in [0.15, 0.2) is 88.9 Å². The maximum Gasteiger partial charge on any atom is 0.339 e. The second kappa shape index (κ2) is 9.71. The second-order valence-corrected chi connectivity index (χ2v) is 7.89. The Kier molecular flexibility index (Phi) is 6.82. The normalized spacial score (nSPS) is 11.3. The van der Waals surface area contributed by atoms with Crippen molar-refractivity contribution in [3.63, 3.8) is 0 Å². The summed E-state index contributed by atoms with van der Waals surface area (Å²) in [5.41, 5.74) is 3.76. The molecule has 0 aliphatic heterocycles. The summed E-state index contributed by atoms with van der Waals surface area (Å²) < 4.78 is 29.5. The molecule has 2 N–H and O–H groups in total. The fourth-order valence-corrected chi connectivity index (χ4v) is 3.53. The Morgan fingerprint density at radius 2 is 1.63 bits per heavy atom. The molecule has 0 saturated carbocycles. The van der Waals surface area contributed by atoms with E-state index in [0.29, 0.717) is 17.5 Å². The van der Waals surface area contributed by atoms with E-state index in [-0.39, 0.29) is 28.7 Å². The zero-order valence-electron chi connectivity index (χ0n) is 15.9. The van der Waals surface area contributed by atoms with Crippen LogP contribution in [0.4, 0.5) is 0 Å². The predicted octanol–water partition coefficient (Wildman–Crippen LogP) is 3.24. The Balaban J connectivity index is 1.51. The summed E-state index contributed by atoms with van der Waals surface area (Å²) in [4.78, 5) is 11.9. The highest BCUT2D eigenvalue weighted by molar-refractivity contribution is 7.87. The van der Waals surface area contributed by atoms with Crippen LogP contribution < -0.4 is 9.61 Å². The van der Waals surface area contributed by atoms with Gasteiger partial charge < -0.3 is 9.29 Å². The Bertz CT molecular complexity index is 1130. The molecule has 30 heavy (non-hydrogen) atoms. The SMILES string of the molecule is O=C(CCc1ccccc1O)NN=Cc1ccc(OS(=O)(=O)c2ccccc2)cc1. The molecule has 3 aromatic carbocycles. The van der Waals surface area contributed by atoms with Crippen LogP contribution in [-0.4, -0.2) is 25.6 Å². The lowest BCUT2D eigenvalue weighted by Crippen LogP contribution is -2.17. The van der Waals surface area contributed by atoms with E-state index in [0.717, 1.165) is 0 Å². The van der Waals surface area contributed by atoms with Gasteiger partial charge in [0.1, 0.15) is 16.4 Å². The van der Waals surface area contributed by atoms with E-state index in [1.54, 1.807) is 54.6 Å². The Morgan fingerprint density at radius 3 is 2.33 bits per heavy atom. The summed E-state index contributed by atoms with van der Waals surface area (Å²) in [5, 5.41) is 13.6. The van der Waals surface area contributed by atoms with Gasteiger partial charge in [0.2, 0.25) is 5.91 Å². The Hall–Kier alpha value is -3.65. The zero-order chi connectivity index (χ0) is 21.4. The first-order valence-corrected chi connectivity index (χ1v) is 10.5. The number of carbonyl (C=O) groups is 1. The number of aryl methyl sites for hydroxylation is 1. The third kappa shape index (κ3) is 5.92. The van der Waals surface area contributed by atoms with Crippen molar-refractivity contribution in [1.29, 1.82) is 0 Å². The maximum atomic E-state index is 12.2. The van der Waals surface area contributed by atoms with E-state index in [1.807, 2.05) is 0 Å². The minimum atomic E-state index is -3.90. The van der Waals surface area contributed by atoms with Crippen molar-refractivity contribution in [2.45, 2.75) is 17.7 Å². The molecular formula is C22H20N2O5S. The van der Waals surface area contributed by atoms with E-state index >= 15 is 0 Å². The van der Waals surface area contributed by atoms with Gasteiger partial charge >= 0.3 is 10.1 Å². The lowest BCUT2D eigenvalue weighted by Gasteiger charge is -2.07. The average Bonchev–Trinajstić information content (AvgIpc) is 2.75. The molecule has 0 atom stereocenters. The van der Waals surface area contributed by atoms with Crippen LogP contribution in [0, 0.1) is 0 Å². The molecular weight excluding hydrogens is 404 g/mol. The van der Waals surface area contributed by atoms with Gasteiger partial charge in [0.25, 0.3) is 0 Å². The molecule has 0 bridgehead atoms. The lowest BCUT2D eigenvalue weighted by molar-refractivity contribution is -0.121. The minimum Gasteiger partial charge on any atom is -0.508 e. The first kappa shape index (κ1) is 21.1. The monoisotopic (exact) mass is 424 g/mol. The molecule has 0 heterocycles. The first-order chi connectivity index (χ1) is 14.4. The van der Waals surface area contributed by atoms with Crippen molar-refractivity contribution in [3.05, 3.63) is 90.0 Å². The molecule has 7 nitrogen and oxygen atoms in total. The number of rotatable bonds is 8. The number of para-hydroxylation sites is 1. The molecule has 0 fully saturated rings. The standard InChI is InChI=1S/C22H20N2O5S/c25-21-9-5-4-6-18(21)12-15-22(26)24-23-16-17-10-13-19(14-11-17)29-30(27,28)20-7-2-1-3-8-20/h1-11,13-14,16,25H,12,15H2,(H,24,26). The number of carbonyl (C=O) groups excluding carboxylic acids is 1. The summed E-state index contributed by atoms with van der Waals surface area (Å²) in [6.07, 6.45) is 2.02. The number of hydrogen-bond acceptors (Lipinski definition) is 6. The summed E-state index contributed by atoms with van der Waals surface area (Å²) in [7, 11) is -3.90. The van der Waals surface area contributed by atoms with Gasteiger partial charge in [-0.15, -0.1) is 0 Å². The average molecular weight is 424 g/mol. The van der Waals surface area contributed by atoms with Crippen LogP contribution in [0.3, 0.4) is 0 Å². The zero-order valence-corrected chi connectivity index (χ0v) is 16.7. The van der Waals surface area contributed by atoms with Crippen LogP contribution in [0.1, 0.15) is 17.5 Å². The van der Waals surface area contributed by atoms with Crippen molar-refractivity contribution in [2.75, 3.05) is 0 Å². The van der Waals surface area contributed by atoms with Gasteiger partial charge in [-0.1, -0.05) is 36.4 Å². The van der Waals surface area contributed by atoms with Crippen LogP contribution >= 0.6 is 0 Å². The number of hydrazone groups is 1. The van der Waals surface area contributed by atoms with Gasteiger partial charge in [-0.3, -0.25) is 4.79 Å². The van der Waals surface area contributed by atoms with Gasteiger partial charge in [-0.25, -0.2) is 5.43 Å². The Labute approximate surface area is 174 Å². The summed E-state index contributed by atoms with van der Waals surface area (Å²) in [6.45, 7) is 0. The fourth-order valence-electron chi connectivity index (χ4n) is 2.58. The molecule has 0 aromatic heterocycles. The molecule has 0 aliphatic rings. The highest BCUT2D eigenvalue weighted by atomic mass is 32.2. The minimum absolute atomic E-state index is 0.0715. The number of benzene rings is 3. The number of nitrogens with zero attached hydrogens (tertiary/aromatic N) is 1. The van der Waals surface area contributed by atoms with Crippen LogP contribution in [0.25, 0.3) is 0 Å². The van der Waals surface area contributed by atoms with Crippen molar-refractivity contribution in [1.82, 2.24) is 5.43 Å². The van der Waals surface area contributed by atoms with Gasteiger partial charge in [0.05, 0.1) is 6.21 Å². The van der Waals surface area contributed by atoms with Crippen LogP contribution in [-0.2, 0) is 21.3 Å². The number of aromatic hydroxyl groups is 1. The van der Waals surface area contributed by atoms with Gasteiger partial charge in [0, 0.05) is 6.42 Å². The molecule has 154 valence electrons. The van der Waals surface area contributed by atoms with Crippen molar-refractivity contribution >= 4 is 22.2 Å². The van der Waals surface area contributed by atoms with Crippen molar-refractivity contribution in [3.8, 4) is 11.5 Å². The fraction of sp³-hybridized carbons (Fsp3) is 0.0909. The smallest absolute Gasteiger partial charge is 0.339 e. The third-order valence-corrected chi connectivity index (χ3v) is 5.40. The summed E-state index contributed by atoms with van der Waals surface area (Å²) in [5.74, 6) is 0.0384. The lowest BCUT2D eigenvalue weighted by atomic mass is 10.1. The van der Waals surface area contributed by atoms with Gasteiger partial charge in [-0.05, 0) is 60.0 Å². The van der Waals surface area contributed by atoms with Crippen LogP contribution in [0.2, 0.25) is 0 Å². The molecule has 3 rings (SSSR count). The maximum absolute atomic E-state index is 12.2. The highest BCUT2D eigenvalue weighted by Gasteiger charge is 2.15. The van der Waals surface area contributed by atoms with Crippen molar-refractivity contribution in [2.24, 2.45) is 5.10 Å². The van der Waals surface area contributed by atoms with Gasteiger partial charge in [-0.2, -0.15) is 13.5 Å². The van der Waals surface area contributed by atoms with E-state index in [9.17, 15) is 18.3 Å². The third-order valence-electron chi connectivity index (χ3n) is 4.13. The summed E-state index contributed by atoms with van der Waals surface area (Å²) in [6, 6.07) is 21.0. The summed E-state index contributed by atoms with van der Waals surface area (Å²) >= 11 is 0. The largest absolute Gasteiger partial charge is 0.508 e. The molecule has 0 radical (unpaired) electrons. The molecule has 0 saturated heterocycles. The first-order valence-electron chi connectivity index (χ1n) is 9.12. The quantitative estimate of drug-likeness (QED) is 0.328. The van der Waals surface area contributed by atoms with E-state index < -0.39 is 10.1 Å². The Morgan fingerprint density at radius 1 is 0.967 bits per heavy atom. The molecule has 0 unspecified atom stereocenters.